The Morgan fingerprint density at radius 2 is 1.76 bits per heavy atom. The van der Waals surface area contributed by atoms with Gasteiger partial charge in [-0.2, -0.15) is 0 Å². The monoisotopic (exact) mass is 515 g/mol. The summed E-state index contributed by atoms with van der Waals surface area (Å²) in [7, 11) is 0. The maximum Gasteiger partial charge on any atom is 0.338 e. The summed E-state index contributed by atoms with van der Waals surface area (Å²) in [4.78, 5) is 30.2. The first kappa shape index (κ1) is 26.5. The Balaban J connectivity index is 1.71. The molecule has 0 atom stereocenters. The van der Waals surface area contributed by atoms with Gasteiger partial charge in [0.15, 0.2) is 0 Å². The molecular formula is C30H33N3O3S. The summed E-state index contributed by atoms with van der Waals surface area (Å²) in [6.07, 6.45) is 1.81. The molecular weight excluding hydrogens is 482 g/mol. The second-order valence-corrected chi connectivity index (χ2v) is 9.49. The number of imidazole rings is 1. The lowest BCUT2D eigenvalue weighted by Gasteiger charge is -2.14. The molecule has 0 spiro atoms. The number of thiol groups is 1. The molecule has 0 saturated carbocycles. The summed E-state index contributed by atoms with van der Waals surface area (Å²) in [5.41, 5.74) is 6.90. The number of benzene rings is 3. The second-order valence-electron chi connectivity index (χ2n) is 9.01. The lowest BCUT2D eigenvalue weighted by atomic mass is 9.98. The minimum absolute atomic E-state index is 0.120. The second kappa shape index (κ2) is 11.6. The van der Waals surface area contributed by atoms with Crippen molar-refractivity contribution in [3.63, 3.8) is 0 Å². The predicted octanol–water partition coefficient (Wildman–Crippen LogP) is 6.50. The summed E-state index contributed by atoms with van der Waals surface area (Å²) in [6, 6.07) is 19.5. The third-order valence-electron chi connectivity index (χ3n) is 6.41. The zero-order valence-corrected chi connectivity index (χ0v) is 22.7. The fourth-order valence-corrected chi connectivity index (χ4v) is 4.66. The molecule has 1 heterocycles. The average Bonchev–Trinajstić information content (AvgIpc) is 3.26. The highest BCUT2D eigenvalue weighted by Gasteiger charge is 2.19. The number of carbonyl (C=O) groups is 2. The molecule has 0 radical (unpaired) electrons. The van der Waals surface area contributed by atoms with Crippen LogP contribution >= 0.6 is 12.8 Å². The number of nitrogens with zero attached hydrogens (tertiary/aromatic N) is 3. The van der Waals surface area contributed by atoms with Crippen LogP contribution in [-0.4, -0.2) is 38.9 Å². The van der Waals surface area contributed by atoms with Crippen molar-refractivity contribution in [3.8, 4) is 11.1 Å². The Bertz CT molecular complexity index is 1430. The number of amides is 1. The molecule has 4 rings (SSSR count). The van der Waals surface area contributed by atoms with Crippen molar-refractivity contribution in [1.29, 1.82) is 0 Å². The number of aryl methyl sites for hydroxylation is 2. The normalized spacial score (nSPS) is 11.1. The molecule has 7 heteroatoms. The minimum Gasteiger partial charge on any atom is -0.462 e. The highest BCUT2D eigenvalue weighted by atomic mass is 32.1. The highest BCUT2D eigenvalue weighted by molar-refractivity contribution is 7.78. The molecule has 192 valence electrons. The molecule has 6 nitrogen and oxygen atoms in total. The Kier molecular flexibility index (Phi) is 8.34. The van der Waals surface area contributed by atoms with E-state index in [0.29, 0.717) is 30.8 Å². The zero-order chi connectivity index (χ0) is 26.5. The molecule has 1 aromatic heterocycles. The van der Waals surface area contributed by atoms with E-state index in [1.807, 2.05) is 56.3 Å². The van der Waals surface area contributed by atoms with E-state index in [0.717, 1.165) is 52.0 Å². The molecule has 4 aromatic rings. The van der Waals surface area contributed by atoms with E-state index in [1.54, 1.807) is 13.0 Å². The number of hydrogen-bond acceptors (Lipinski definition) is 5. The van der Waals surface area contributed by atoms with Gasteiger partial charge in [-0.15, -0.1) is 0 Å². The lowest BCUT2D eigenvalue weighted by Crippen LogP contribution is -2.21. The van der Waals surface area contributed by atoms with Crippen LogP contribution in [-0.2, 0) is 17.7 Å². The van der Waals surface area contributed by atoms with Crippen molar-refractivity contribution in [3.05, 3.63) is 88.7 Å². The van der Waals surface area contributed by atoms with E-state index in [-0.39, 0.29) is 11.9 Å². The van der Waals surface area contributed by atoms with Gasteiger partial charge < -0.3 is 9.30 Å². The third kappa shape index (κ3) is 5.57. The predicted molar refractivity (Wildman–Crippen MR) is 151 cm³/mol. The first-order valence-corrected chi connectivity index (χ1v) is 13.1. The molecule has 0 N–H and O–H groups in total. The molecule has 3 aromatic carbocycles. The van der Waals surface area contributed by atoms with E-state index < -0.39 is 0 Å². The number of esters is 1. The summed E-state index contributed by atoms with van der Waals surface area (Å²) in [5, 5.41) is 0. The number of ether oxygens (including phenoxy) is 1. The zero-order valence-electron chi connectivity index (χ0n) is 21.8. The van der Waals surface area contributed by atoms with Crippen LogP contribution in [0.3, 0.4) is 0 Å². The van der Waals surface area contributed by atoms with Crippen molar-refractivity contribution >= 4 is 35.7 Å². The van der Waals surface area contributed by atoms with Crippen LogP contribution in [0.5, 0.6) is 0 Å². The van der Waals surface area contributed by atoms with E-state index in [9.17, 15) is 9.59 Å². The number of hydrogen-bond donors (Lipinski definition) is 1. The summed E-state index contributed by atoms with van der Waals surface area (Å²) >= 11 is 4.31. The van der Waals surface area contributed by atoms with Crippen molar-refractivity contribution in [2.75, 3.05) is 13.2 Å². The van der Waals surface area contributed by atoms with Crippen LogP contribution in [0.1, 0.15) is 64.9 Å². The lowest BCUT2D eigenvalue weighted by molar-refractivity contribution is 0.0527. The van der Waals surface area contributed by atoms with Gasteiger partial charge in [0.05, 0.1) is 23.2 Å². The fraction of sp³-hybridized carbons (Fsp3) is 0.300. The van der Waals surface area contributed by atoms with Crippen molar-refractivity contribution in [2.45, 2.75) is 47.1 Å². The van der Waals surface area contributed by atoms with Gasteiger partial charge in [0.1, 0.15) is 5.82 Å². The SMILES string of the molecule is CCCc1nc2c(C)cc(C(=O)N(S)CC)cc2n1Cc1ccc(-c2ccccc2C(=O)OCC)cc1. The first-order chi connectivity index (χ1) is 17.9. The maximum absolute atomic E-state index is 12.8. The van der Waals surface area contributed by atoms with Gasteiger partial charge >= 0.3 is 5.97 Å². The Hall–Kier alpha value is -3.58. The van der Waals surface area contributed by atoms with E-state index in [2.05, 4.69) is 36.4 Å². The standard InChI is InChI=1S/C30H33N3O3S/c1-5-10-27-31-28-20(4)17-23(29(34)33(37)6-2)18-26(28)32(27)19-21-13-15-22(16-14-21)24-11-8-9-12-25(24)30(35)36-7-3/h8-9,11-18,37H,5-7,10,19H2,1-4H3. The smallest absolute Gasteiger partial charge is 0.338 e. The summed E-state index contributed by atoms with van der Waals surface area (Å²) in [5.74, 6) is 0.560. The largest absolute Gasteiger partial charge is 0.462 e. The molecule has 0 fully saturated rings. The Morgan fingerprint density at radius 3 is 2.43 bits per heavy atom. The van der Waals surface area contributed by atoms with Gasteiger partial charge in [-0.3, -0.25) is 9.10 Å². The molecule has 0 aliphatic rings. The van der Waals surface area contributed by atoms with Crippen LogP contribution < -0.4 is 0 Å². The highest BCUT2D eigenvalue weighted by Crippen LogP contribution is 2.28. The molecule has 37 heavy (non-hydrogen) atoms. The Labute approximate surface area is 223 Å². The summed E-state index contributed by atoms with van der Waals surface area (Å²) in [6.45, 7) is 9.32. The number of fused-ring (bicyclic) bond motifs is 1. The van der Waals surface area contributed by atoms with Crippen LogP contribution in [0.25, 0.3) is 22.2 Å². The number of carbonyl (C=O) groups excluding carboxylic acids is 2. The first-order valence-electron chi connectivity index (χ1n) is 12.7. The molecule has 0 aliphatic carbocycles. The average molecular weight is 516 g/mol. The minimum atomic E-state index is -0.320. The molecule has 0 aliphatic heterocycles. The van der Waals surface area contributed by atoms with Gasteiger partial charge in [-0.05, 0) is 67.6 Å². The topological polar surface area (TPSA) is 64.4 Å². The quantitative estimate of drug-likeness (QED) is 0.204. The van der Waals surface area contributed by atoms with Gasteiger partial charge in [-0.1, -0.05) is 62.2 Å². The van der Waals surface area contributed by atoms with Crippen LogP contribution in [0.4, 0.5) is 0 Å². The van der Waals surface area contributed by atoms with E-state index in [4.69, 9.17) is 9.72 Å². The Morgan fingerprint density at radius 1 is 1.03 bits per heavy atom. The van der Waals surface area contributed by atoms with Gasteiger partial charge in [0.25, 0.3) is 5.91 Å². The van der Waals surface area contributed by atoms with Crippen molar-refractivity contribution in [1.82, 2.24) is 13.9 Å². The van der Waals surface area contributed by atoms with Crippen molar-refractivity contribution in [2.24, 2.45) is 0 Å². The molecule has 0 saturated heterocycles. The molecule has 0 bridgehead atoms. The van der Waals surface area contributed by atoms with Crippen LogP contribution in [0, 0.1) is 6.92 Å². The van der Waals surface area contributed by atoms with Gasteiger partial charge in [-0.25, -0.2) is 9.78 Å². The number of aromatic nitrogens is 2. The van der Waals surface area contributed by atoms with Gasteiger partial charge in [0, 0.05) is 25.1 Å². The van der Waals surface area contributed by atoms with E-state index >= 15 is 0 Å². The molecule has 0 unspecified atom stereocenters. The summed E-state index contributed by atoms with van der Waals surface area (Å²) < 4.78 is 8.86. The number of rotatable bonds is 9. The van der Waals surface area contributed by atoms with Crippen LogP contribution in [0.2, 0.25) is 0 Å². The van der Waals surface area contributed by atoms with Crippen molar-refractivity contribution < 1.29 is 14.3 Å². The molecule has 1 amide bonds. The third-order valence-corrected chi connectivity index (χ3v) is 6.87. The van der Waals surface area contributed by atoms with E-state index in [1.165, 1.54) is 4.31 Å². The van der Waals surface area contributed by atoms with Crippen LogP contribution in [0.15, 0.2) is 60.7 Å². The van der Waals surface area contributed by atoms with Gasteiger partial charge in [0.2, 0.25) is 0 Å². The fourth-order valence-electron chi connectivity index (χ4n) is 4.54. The maximum atomic E-state index is 12.8.